The van der Waals surface area contributed by atoms with E-state index in [-0.39, 0.29) is 5.50 Å². The van der Waals surface area contributed by atoms with Crippen LogP contribution in [0.1, 0.15) is 20.8 Å². The van der Waals surface area contributed by atoms with Crippen molar-refractivity contribution in [2.75, 3.05) is 5.50 Å². The first-order valence-corrected chi connectivity index (χ1v) is 6.87. The smallest absolute Gasteiger partial charge is 0.488 e. The average Bonchev–Trinajstić information content (AvgIpc) is 1.99. The van der Waals surface area contributed by atoms with Crippen molar-refractivity contribution in [1.29, 1.82) is 0 Å². The van der Waals surface area contributed by atoms with E-state index in [0.717, 1.165) is 0 Å². The molecule has 0 unspecified atom stereocenters. The van der Waals surface area contributed by atoms with Crippen LogP contribution in [0, 0.1) is 0 Å². The Bertz CT molecular complexity index is 235. The van der Waals surface area contributed by atoms with Crippen molar-refractivity contribution in [1.82, 2.24) is 0 Å². The fourth-order valence-corrected chi connectivity index (χ4v) is 3.31. The van der Waals surface area contributed by atoms with E-state index in [1.54, 1.807) is 20.8 Å². The van der Waals surface area contributed by atoms with Gasteiger partial charge in [0.15, 0.2) is 0 Å². The van der Waals surface area contributed by atoms with Crippen LogP contribution in [0.25, 0.3) is 0 Å². The summed E-state index contributed by atoms with van der Waals surface area (Å²) >= 11 is 5.82. The topological polar surface area (TPSA) is 27.7 Å². The Morgan fingerprint density at radius 1 is 0.933 bits per heavy atom. The quantitative estimate of drug-likeness (QED) is 0.393. The minimum absolute atomic E-state index is 0.111. The summed E-state index contributed by atoms with van der Waals surface area (Å²) in [7, 11) is -2.99. The Morgan fingerprint density at radius 3 is 1.33 bits per heavy atom. The summed E-state index contributed by atoms with van der Waals surface area (Å²) in [5.74, 6) is 1.47. The fourth-order valence-electron chi connectivity index (χ4n) is 0.941. The van der Waals surface area contributed by atoms with Gasteiger partial charge >= 0.3 is 8.80 Å². The van der Waals surface area contributed by atoms with Crippen molar-refractivity contribution in [3.63, 3.8) is 0 Å². The number of rotatable bonds is 7. The lowest BCUT2D eigenvalue weighted by Gasteiger charge is -2.28. The summed E-state index contributed by atoms with van der Waals surface area (Å²) in [5.41, 5.74) is 0.111. The molecule has 0 fully saturated rings. The summed E-state index contributed by atoms with van der Waals surface area (Å²) in [4.78, 5) is 0. The fraction of sp³-hybridized carbons (Fsp3) is 0.400. The molecule has 86 valence electrons. The Labute approximate surface area is 97.3 Å². The molecule has 0 atom stereocenters. The van der Waals surface area contributed by atoms with Gasteiger partial charge in [0, 0.05) is 0 Å². The average molecular weight is 249 g/mol. The van der Waals surface area contributed by atoms with Crippen LogP contribution in [0.5, 0.6) is 0 Å². The second-order valence-corrected chi connectivity index (χ2v) is 6.28. The van der Waals surface area contributed by atoms with E-state index in [9.17, 15) is 0 Å². The van der Waals surface area contributed by atoms with Crippen LogP contribution >= 0.6 is 11.6 Å². The van der Waals surface area contributed by atoms with Gasteiger partial charge in [-0.3, -0.25) is 0 Å². The highest BCUT2D eigenvalue weighted by Crippen LogP contribution is 2.20. The highest BCUT2D eigenvalue weighted by Gasteiger charge is 2.48. The van der Waals surface area contributed by atoms with Gasteiger partial charge in [0.25, 0.3) is 0 Å². The zero-order valence-electron chi connectivity index (χ0n) is 9.43. The summed E-state index contributed by atoms with van der Waals surface area (Å²) in [6.45, 7) is 16.0. The maximum Gasteiger partial charge on any atom is 0.714 e. The second kappa shape index (κ2) is 5.88. The molecule has 0 heterocycles. The normalized spacial score (nSPS) is 10.4. The largest absolute Gasteiger partial charge is 0.714 e. The van der Waals surface area contributed by atoms with E-state index in [0.29, 0.717) is 17.3 Å². The van der Waals surface area contributed by atoms with E-state index in [4.69, 9.17) is 24.9 Å². The van der Waals surface area contributed by atoms with Crippen LogP contribution in [-0.4, -0.2) is 14.3 Å². The van der Waals surface area contributed by atoms with Gasteiger partial charge in [0.05, 0.1) is 17.3 Å². The van der Waals surface area contributed by atoms with Gasteiger partial charge in [-0.2, -0.15) is 0 Å². The first-order chi connectivity index (χ1) is 6.81. The first-order valence-electron chi connectivity index (χ1n) is 4.41. The molecule has 15 heavy (non-hydrogen) atoms. The molecule has 0 aliphatic heterocycles. The summed E-state index contributed by atoms with van der Waals surface area (Å²) in [6.07, 6.45) is 0. The number of allylic oxidation sites excluding steroid dienone is 3. The summed E-state index contributed by atoms with van der Waals surface area (Å²) in [5, 5.41) is 0. The van der Waals surface area contributed by atoms with Gasteiger partial charge in [-0.1, -0.05) is 19.7 Å². The second-order valence-electron chi connectivity index (χ2n) is 3.23. The molecule has 0 saturated heterocycles. The monoisotopic (exact) mass is 248 g/mol. The Balaban J connectivity index is 4.81. The van der Waals surface area contributed by atoms with Gasteiger partial charge in [-0.15, -0.1) is 11.6 Å². The summed E-state index contributed by atoms with van der Waals surface area (Å²) < 4.78 is 16.4. The van der Waals surface area contributed by atoms with Crippen molar-refractivity contribution < 1.29 is 13.3 Å². The van der Waals surface area contributed by atoms with Crippen molar-refractivity contribution >= 4 is 20.4 Å². The summed E-state index contributed by atoms with van der Waals surface area (Å²) in [6, 6.07) is 0. The van der Waals surface area contributed by atoms with Crippen LogP contribution in [0.15, 0.2) is 37.0 Å². The third kappa shape index (κ3) is 5.54. The van der Waals surface area contributed by atoms with Crippen molar-refractivity contribution in [2.45, 2.75) is 20.8 Å². The predicted octanol–water partition coefficient (Wildman–Crippen LogP) is 3.35. The molecule has 5 heteroatoms. The molecule has 0 aliphatic carbocycles. The first kappa shape index (κ1) is 14.1. The van der Waals surface area contributed by atoms with E-state index in [1.807, 2.05) is 0 Å². The molecule has 0 N–H and O–H groups in total. The molecule has 0 aromatic rings. The number of hydrogen-bond donors (Lipinski definition) is 0. The van der Waals surface area contributed by atoms with Gasteiger partial charge in [-0.25, -0.2) is 0 Å². The number of halogens is 1. The molecule has 0 bridgehead atoms. The Kier molecular flexibility index (Phi) is 5.53. The van der Waals surface area contributed by atoms with Crippen LogP contribution < -0.4 is 0 Å². The molecule has 0 aromatic carbocycles. The predicted molar refractivity (Wildman–Crippen MR) is 64.2 cm³/mol. The number of alkyl halides is 1. The molecular formula is C10H17ClO3Si. The van der Waals surface area contributed by atoms with Gasteiger partial charge in [-0.05, 0) is 20.8 Å². The van der Waals surface area contributed by atoms with Crippen LogP contribution in [0.3, 0.4) is 0 Å². The lowest BCUT2D eigenvalue weighted by molar-refractivity contribution is 0.151. The van der Waals surface area contributed by atoms with E-state index < -0.39 is 8.80 Å². The molecule has 0 rings (SSSR count). The Hall–Kier alpha value is -0.873. The van der Waals surface area contributed by atoms with Crippen LogP contribution in [0.4, 0.5) is 0 Å². The lowest BCUT2D eigenvalue weighted by atomic mass is 10.7. The highest BCUT2D eigenvalue weighted by molar-refractivity contribution is 6.69. The van der Waals surface area contributed by atoms with E-state index >= 15 is 0 Å². The SMILES string of the molecule is C=C(C)O[Si](CCl)(OC(=C)C)OC(=C)C. The minimum Gasteiger partial charge on any atom is -0.488 e. The molecule has 0 aliphatic rings. The van der Waals surface area contributed by atoms with Gasteiger partial charge in [0.2, 0.25) is 0 Å². The zero-order valence-corrected chi connectivity index (χ0v) is 11.2. The molecular weight excluding hydrogens is 232 g/mol. The Morgan fingerprint density at radius 2 is 1.20 bits per heavy atom. The minimum atomic E-state index is -2.99. The van der Waals surface area contributed by atoms with Crippen molar-refractivity contribution in [3.8, 4) is 0 Å². The molecule has 0 aromatic heterocycles. The standard InChI is InChI=1S/C10H17ClO3Si/c1-8(2)12-15(7-11,13-9(3)4)14-10(5)6/h1,3,5,7H2,2,4,6H3. The van der Waals surface area contributed by atoms with Gasteiger partial charge < -0.3 is 13.3 Å². The van der Waals surface area contributed by atoms with Crippen molar-refractivity contribution in [3.05, 3.63) is 37.0 Å². The zero-order chi connectivity index (χ0) is 12.1. The molecule has 3 nitrogen and oxygen atoms in total. The molecule has 0 spiro atoms. The molecule has 0 saturated carbocycles. The van der Waals surface area contributed by atoms with E-state index in [2.05, 4.69) is 19.7 Å². The third-order valence-electron chi connectivity index (χ3n) is 1.15. The van der Waals surface area contributed by atoms with Crippen molar-refractivity contribution in [2.24, 2.45) is 0 Å². The lowest BCUT2D eigenvalue weighted by Crippen LogP contribution is -2.46. The van der Waals surface area contributed by atoms with E-state index in [1.165, 1.54) is 0 Å². The number of hydrogen-bond acceptors (Lipinski definition) is 3. The maximum absolute atomic E-state index is 5.82. The van der Waals surface area contributed by atoms with Crippen LogP contribution in [-0.2, 0) is 13.3 Å². The molecule has 0 radical (unpaired) electrons. The molecule has 0 amide bonds. The maximum atomic E-state index is 5.82. The third-order valence-corrected chi connectivity index (χ3v) is 4.44. The van der Waals surface area contributed by atoms with Crippen LogP contribution in [0.2, 0.25) is 0 Å². The van der Waals surface area contributed by atoms with Gasteiger partial charge in [0.1, 0.15) is 5.50 Å². The highest BCUT2D eigenvalue weighted by atomic mass is 35.5.